The van der Waals surface area contributed by atoms with Crippen molar-refractivity contribution in [2.45, 2.75) is 38.5 Å². The van der Waals surface area contributed by atoms with Gasteiger partial charge in [-0.2, -0.15) is 0 Å². The first-order valence-electron chi connectivity index (χ1n) is 21.6. The maximum Gasteiger partial charge on any atom is 0.0434 e. The van der Waals surface area contributed by atoms with Crippen LogP contribution in [0.1, 0.15) is 49.9 Å². The fourth-order valence-electron chi connectivity index (χ4n) is 11.4. The van der Waals surface area contributed by atoms with Crippen molar-refractivity contribution in [1.29, 1.82) is 0 Å². The number of hydrogen-bond acceptors (Lipinski definition) is 1. The largest absolute Gasteiger partial charge is 0.135 e. The van der Waals surface area contributed by atoms with E-state index in [-0.39, 0.29) is 10.8 Å². The van der Waals surface area contributed by atoms with Crippen LogP contribution in [0.5, 0.6) is 0 Å². The zero-order valence-corrected chi connectivity index (χ0v) is 35.5. The van der Waals surface area contributed by atoms with Gasteiger partial charge in [0, 0.05) is 36.4 Å². The van der Waals surface area contributed by atoms with Crippen LogP contribution >= 0.6 is 11.3 Å². The molecule has 2 aliphatic rings. The SMILES string of the molecule is CC1(C)c2cc(-c3ccc4c(c3)C(C)(C)c3ccc5c(ccc6c7ccccc7sc56)c3-4)ccc2-c2ccc(-c3c4ccccc4c(-c4ccccc4)c4ccccc34)cc21. The lowest BCUT2D eigenvalue weighted by Gasteiger charge is -2.24. The molecule has 0 atom stereocenters. The summed E-state index contributed by atoms with van der Waals surface area (Å²) in [5, 5.41) is 10.6. The molecule has 0 saturated heterocycles. The quantitative estimate of drug-likeness (QED) is 0.156. The second-order valence-electron chi connectivity index (χ2n) is 18.4. The Morgan fingerprint density at radius 3 is 1.36 bits per heavy atom. The number of hydrogen-bond donors (Lipinski definition) is 0. The van der Waals surface area contributed by atoms with Gasteiger partial charge in [0.1, 0.15) is 0 Å². The van der Waals surface area contributed by atoms with Gasteiger partial charge >= 0.3 is 0 Å². The molecule has 0 amide bonds. The summed E-state index contributed by atoms with van der Waals surface area (Å²) in [5.74, 6) is 0. The average Bonchev–Trinajstić information content (AvgIpc) is 3.87. The first-order chi connectivity index (χ1) is 29.8. The molecule has 1 aromatic heterocycles. The lowest BCUT2D eigenvalue weighted by molar-refractivity contribution is 0.660. The molecule has 0 nitrogen and oxygen atoms in total. The van der Waals surface area contributed by atoms with Gasteiger partial charge in [-0.3, -0.25) is 0 Å². The molecule has 0 fully saturated rings. The fourth-order valence-corrected chi connectivity index (χ4v) is 12.7. The molecule has 0 saturated carbocycles. The maximum atomic E-state index is 2.50. The molecule has 288 valence electrons. The van der Waals surface area contributed by atoms with Crippen LogP contribution in [-0.2, 0) is 10.8 Å². The van der Waals surface area contributed by atoms with Crippen LogP contribution in [0, 0.1) is 0 Å². The van der Waals surface area contributed by atoms with Gasteiger partial charge in [-0.15, -0.1) is 11.3 Å². The molecule has 61 heavy (non-hydrogen) atoms. The Balaban J connectivity index is 0.916. The van der Waals surface area contributed by atoms with E-state index in [4.69, 9.17) is 0 Å². The van der Waals surface area contributed by atoms with E-state index in [2.05, 4.69) is 210 Å². The van der Waals surface area contributed by atoms with E-state index in [0.29, 0.717) is 0 Å². The van der Waals surface area contributed by atoms with Crippen LogP contribution < -0.4 is 0 Å². The van der Waals surface area contributed by atoms with Crippen LogP contribution in [0.3, 0.4) is 0 Å². The van der Waals surface area contributed by atoms with Crippen molar-refractivity contribution in [3.63, 3.8) is 0 Å². The van der Waals surface area contributed by atoms with Gasteiger partial charge in [0.2, 0.25) is 0 Å². The molecule has 1 heteroatoms. The Kier molecular flexibility index (Phi) is 7.11. The first kappa shape index (κ1) is 35.0. The smallest absolute Gasteiger partial charge is 0.0434 e. The fraction of sp³-hybridized carbons (Fsp3) is 0.100. The highest BCUT2D eigenvalue weighted by Crippen LogP contribution is 2.55. The van der Waals surface area contributed by atoms with Crippen LogP contribution in [0.15, 0.2) is 182 Å². The van der Waals surface area contributed by atoms with Crippen LogP contribution in [0.2, 0.25) is 0 Å². The molecule has 10 aromatic carbocycles. The van der Waals surface area contributed by atoms with Crippen molar-refractivity contribution in [1.82, 2.24) is 0 Å². The van der Waals surface area contributed by atoms with E-state index in [9.17, 15) is 0 Å². The van der Waals surface area contributed by atoms with Crippen molar-refractivity contribution in [2.24, 2.45) is 0 Å². The Morgan fingerprint density at radius 2 is 0.721 bits per heavy atom. The molecular formula is C60H42S. The van der Waals surface area contributed by atoms with Crippen molar-refractivity contribution in [3.8, 4) is 55.6 Å². The van der Waals surface area contributed by atoms with Gasteiger partial charge in [0.25, 0.3) is 0 Å². The lowest BCUT2D eigenvalue weighted by atomic mass is 9.79. The number of rotatable bonds is 3. The molecule has 0 radical (unpaired) electrons. The van der Waals surface area contributed by atoms with Crippen molar-refractivity contribution in [2.75, 3.05) is 0 Å². The normalized spacial score (nSPS) is 14.5. The van der Waals surface area contributed by atoms with E-state index in [0.717, 1.165) is 0 Å². The molecule has 0 bridgehead atoms. The summed E-state index contributed by atoms with van der Waals surface area (Å²) in [6.07, 6.45) is 0. The van der Waals surface area contributed by atoms with Gasteiger partial charge in [-0.25, -0.2) is 0 Å². The van der Waals surface area contributed by atoms with Gasteiger partial charge in [-0.1, -0.05) is 185 Å². The molecule has 0 aliphatic heterocycles. The summed E-state index contributed by atoms with van der Waals surface area (Å²) in [6, 6.07) is 68.9. The maximum absolute atomic E-state index is 2.50. The van der Waals surface area contributed by atoms with Crippen LogP contribution in [0.25, 0.3) is 108 Å². The Hall–Kier alpha value is -6.80. The van der Waals surface area contributed by atoms with Crippen molar-refractivity contribution >= 4 is 63.8 Å². The molecule has 1 heterocycles. The predicted octanol–water partition coefficient (Wildman–Crippen LogP) is 17.1. The van der Waals surface area contributed by atoms with Crippen LogP contribution in [0.4, 0.5) is 0 Å². The average molecular weight is 795 g/mol. The standard InChI is InChI=1S/C60H42S/c1-59(2)50-31-30-48-46(28-29-47-41-16-12-13-21-54(41)61-58(47)48)57(50)49-27-23-37(33-53(49)59)36-22-25-39-40-26-24-38(34-52(40)60(3,4)51(39)32-36)56-44-19-10-8-17-42(44)55(35-14-6-5-7-15-35)43-18-9-11-20-45(43)56/h5-34H,1-4H3. The summed E-state index contributed by atoms with van der Waals surface area (Å²) in [5.41, 5.74) is 18.5. The van der Waals surface area contributed by atoms with E-state index < -0.39 is 0 Å². The summed E-state index contributed by atoms with van der Waals surface area (Å²) in [4.78, 5) is 0. The molecule has 0 unspecified atom stereocenters. The second kappa shape index (κ2) is 12.4. The van der Waals surface area contributed by atoms with E-state index in [1.807, 2.05) is 11.3 Å². The summed E-state index contributed by atoms with van der Waals surface area (Å²) >= 11 is 1.92. The Morgan fingerprint density at radius 1 is 0.295 bits per heavy atom. The third-order valence-electron chi connectivity index (χ3n) is 14.5. The third kappa shape index (κ3) is 4.76. The molecule has 13 rings (SSSR count). The van der Waals surface area contributed by atoms with Gasteiger partial charge in [-0.05, 0) is 129 Å². The number of thiophene rings is 1. The molecule has 2 aliphatic carbocycles. The zero-order valence-electron chi connectivity index (χ0n) is 34.7. The van der Waals surface area contributed by atoms with E-state index in [1.54, 1.807) is 0 Å². The monoisotopic (exact) mass is 794 g/mol. The third-order valence-corrected chi connectivity index (χ3v) is 15.7. The highest BCUT2D eigenvalue weighted by Gasteiger charge is 2.38. The highest BCUT2D eigenvalue weighted by atomic mass is 32.1. The lowest BCUT2D eigenvalue weighted by Crippen LogP contribution is -2.15. The number of benzene rings is 10. The summed E-state index contributed by atoms with van der Waals surface area (Å²) < 4.78 is 2.74. The molecule has 11 aromatic rings. The molecule has 0 N–H and O–H groups in total. The Bertz CT molecular complexity index is 3630. The molecular weight excluding hydrogens is 753 g/mol. The van der Waals surface area contributed by atoms with Crippen molar-refractivity contribution in [3.05, 3.63) is 204 Å². The second-order valence-corrected chi connectivity index (χ2v) is 19.4. The van der Waals surface area contributed by atoms with E-state index in [1.165, 1.54) is 130 Å². The predicted molar refractivity (Wildman–Crippen MR) is 263 cm³/mol. The first-order valence-corrected chi connectivity index (χ1v) is 22.4. The number of fused-ring (bicyclic) bond motifs is 14. The summed E-state index contributed by atoms with van der Waals surface area (Å²) in [6.45, 7) is 9.65. The van der Waals surface area contributed by atoms with Crippen molar-refractivity contribution < 1.29 is 0 Å². The minimum Gasteiger partial charge on any atom is -0.135 e. The van der Waals surface area contributed by atoms with Gasteiger partial charge in [0.15, 0.2) is 0 Å². The Labute approximate surface area is 360 Å². The topological polar surface area (TPSA) is 0 Å². The van der Waals surface area contributed by atoms with Gasteiger partial charge < -0.3 is 0 Å². The summed E-state index contributed by atoms with van der Waals surface area (Å²) in [7, 11) is 0. The zero-order chi connectivity index (χ0) is 40.8. The molecule has 0 spiro atoms. The minimum absolute atomic E-state index is 0.111. The van der Waals surface area contributed by atoms with E-state index >= 15 is 0 Å². The van der Waals surface area contributed by atoms with Crippen LogP contribution in [-0.4, -0.2) is 0 Å². The minimum atomic E-state index is -0.171. The highest BCUT2D eigenvalue weighted by molar-refractivity contribution is 7.26. The van der Waals surface area contributed by atoms with Gasteiger partial charge in [0.05, 0.1) is 0 Å².